The van der Waals surface area contributed by atoms with Gasteiger partial charge in [-0.15, -0.1) is 0 Å². The van der Waals surface area contributed by atoms with Crippen molar-refractivity contribution >= 4 is 17.9 Å². The van der Waals surface area contributed by atoms with Crippen LogP contribution in [0.5, 0.6) is 5.75 Å². The Morgan fingerprint density at radius 3 is 2.33 bits per heavy atom. The van der Waals surface area contributed by atoms with Crippen LogP contribution in [0.2, 0.25) is 0 Å². The molecule has 9 heteroatoms. The molecular weight excluding hydrogens is 606 g/mol. The monoisotopic (exact) mass is 663 g/mol. The van der Waals surface area contributed by atoms with Crippen molar-refractivity contribution in [3.05, 3.63) is 70.3 Å². The van der Waals surface area contributed by atoms with E-state index in [4.69, 9.17) is 9.47 Å². The van der Waals surface area contributed by atoms with Gasteiger partial charge in [0.15, 0.2) is 0 Å². The van der Waals surface area contributed by atoms with Gasteiger partial charge in [0.25, 0.3) is 0 Å². The first-order chi connectivity index (χ1) is 22.7. The van der Waals surface area contributed by atoms with Gasteiger partial charge >= 0.3 is 0 Å². The number of amides is 2. The predicted octanol–water partition coefficient (Wildman–Crippen LogP) is 4.67. The van der Waals surface area contributed by atoms with Crippen molar-refractivity contribution in [3.8, 4) is 5.75 Å². The Balaban J connectivity index is 1.49. The first-order valence-electron chi connectivity index (χ1n) is 17.5. The minimum atomic E-state index is -1.00. The maximum Gasteiger partial charge on any atom is 0.247 e. The number of carbonyl (C=O) groups excluding carboxylic acids is 2. The van der Waals surface area contributed by atoms with Crippen molar-refractivity contribution in [2.75, 3.05) is 39.9 Å². The number of aryl methyl sites for hydroxylation is 1. The van der Waals surface area contributed by atoms with Crippen molar-refractivity contribution < 1.29 is 29.3 Å². The van der Waals surface area contributed by atoms with Crippen LogP contribution in [0.3, 0.4) is 0 Å². The van der Waals surface area contributed by atoms with Crippen LogP contribution in [-0.2, 0) is 27.2 Å². The fraction of sp³-hybridized carbons (Fsp3) is 0.590. The zero-order valence-corrected chi connectivity index (χ0v) is 30.1. The molecule has 2 aliphatic rings. The van der Waals surface area contributed by atoms with Crippen LogP contribution in [0.25, 0.3) is 6.08 Å². The highest BCUT2D eigenvalue weighted by Gasteiger charge is 2.42. The van der Waals surface area contributed by atoms with E-state index in [0.29, 0.717) is 19.5 Å². The Kier molecular flexibility index (Phi) is 12.5. The van der Waals surface area contributed by atoms with E-state index in [-0.39, 0.29) is 30.3 Å². The molecule has 2 aromatic carbocycles. The molecule has 2 saturated heterocycles. The molecule has 5 atom stereocenters. The van der Waals surface area contributed by atoms with Gasteiger partial charge in [0.05, 0.1) is 37.4 Å². The van der Waals surface area contributed by atoms with Gasteiger partial charge in [0, 0.05) is 43.6 Å². The molecule has 2 aliphatic heterocycles. The highest BCUT2D eigenvalue weighted by atomic mass is 16.5. The van der Waals surface area contributed by atoms with Crippen LogP contribution in [0.4, 0.5) is 0 Å². The van der Waals surface area contributed by atoms with E-state index in [0.717, 1.165) is 48.4 Å². The summed E-state index contributed by atoms with van der Waals surface area (Å²) in [6.45, 7) is 16.0. The third-order valence-electron chi connectivity index (χ3n) is 10.0. The summed E-state index contributed by atoms with van der Waals surface area (Å²) in [5, 5.41) is 27.2. The van der Waals surface area contributed by atoms with Crippen LogP contribution in [0.1, 0.15) is 88.8 Å². The lowest BCUT2D eigenvalue weighted by molar-refractivity contribution is -0.177. The van der Waals surface area contributed by atoms with Crippen molar-refractivity contribution in [2.24, 2.45) is 17.3 Å². The van der Waals surface area contributed by atoms with E-state index in [1.807, 2.05) is 39.8 Å². The van der Waals surface area contributed by atoms with Crippen LogP contribution in [0, 0.1) is 17.3 Å². The lowest BCUT2D eigenvalue weighted by Crippen LogP contribution is -2.60. The molecule has 4 rings (SSSR count). The van der Waals surface area contributed by atoms with Crippen LogP contribution >= 0.6 is 0 Å². The number of aliphatic hydroxyl groups is 2. The third-order valence-corrected chi connectivity index (χ3v) is 10.0. The Hall–Kier alpha value is -3.24. The van der Waals surface area contributed by atoms with Gasteiger partial charge in [-0.3, -0.25) is 9.59 Å². The Labute approximate surface area is 287 Å². The maximum absolute atomic E-state index is 13.3. The fourth-order valence-corrected chi connectivity index (χ4v) is 6.74. The predicted molar refractivity (Wildman–Crippen MR) is 190 cm³/mol. The normalized spacial score (nSPS) is 23.7. The number of methoxy groups -OCH3 is 1. The molecule has 264 valence electrons. The number of ether oxygens (including phenoxy) is 2. The van der Waals surface area contributed by atoms with E-state index in [9.17, 15) is 19.8 Å². The van der Waals surface area contributed by atoms with Crippen molar-refractivity contribution in [1.82, 2.24) is 15.5 Å². The highest BCUT2D eigenvalue weighted by molar-refractivity contribution is 5.93. The Morgan fingerprint density at radius 1 is 1.06 bits per heavy atom. The zero-order valence-electron chi connectivity index (χ0n) is 30.1. The van der Waals surface area contributed by atoms with Crippen LogP contribution < -0.4 is 15.4 Å². The largest absolute Gasteiger partial charge is 0.496 e. The summed E-state index contributed by atoms with van der Waals surface area (Å²) >= 11 is 0. The van der Waals surface area contributed by atoms with Gasteiger partial charge in [0.1, 0.15) is 11.3 Å². The summed E-state index contributed by atoms with van der Waals surface area (Å²) in [7, 11) is 1.66. The topological polar surface area (TPSA) is 120 Å². The quantitative estimate of drug-likeness (QED) is 0.261. The molecule has 9 nitrogen and oxygen atoms in total. The number of hydrogen-bond acceptors (Lipinski definition) is 7. The molecule has 48 heavy (non-hydrogen) atoms. The number of nitrogens with one attached hydrogen (secondary N) is 2. The number of rotatable bonds is 12. The van der Waals surface area contributed by atoms with Crippen molar-refractivity contribution in [2.45, 2.75) is 91.6 Å². The first kappa shape index (κ1) is 37.6. The Morgan fingerprint density at radius 2 is 1.73 bits per heavy atom. The maximum atomic E-state index is 13.3. The molecule has 0 bridgehead atoms. The van der Waals surface area contributed by atoms with Gasteiger partial charge in [-0.2, -0.15) is 0 Å². The van der Waals surface area contributed by atoms with Crippen LogP contribution in [-0.4, -0.2) is 84.6 Å². The van der Waals surface area contributed by atoms with Gasteiger partial charge in [0.2, 0.25) is 11.8 Å². The molecule has 2 fully saturated rings. The molecule has 0 saturated carbocycles. The summed E-state index contributed by atoms with van der Waals surface area (Å²) < 4.78 is 12.2. The summed E-state index contributed by atoms with van der Waals surface area (Å²) in [6, 6.07) is 12.6. The number of hydrogen-bond donors (Lipinski definition) is 4. The molecule has 4 N–H and O–H groups in total. The second-order valence-corrected chi connectivity index (χ2v) is 14.7. The number of carbonyl (C=O) groups is 2. The fourth-order valence-electron chi connectivity index (χ4n) is 6.74. The molecule has 5 unspecified atom stereocenters. The van der Waals surface area contributed by atoms with Crippen LogP contribution in [0.15, 0.2) is 42.5 Å². The van der Waals surface area contributed by atoms with Gasteiger partial charge in [-0.25, -0.2) is 0 Å². The second-order valence-electron chi connectivity index (χ2n) is 14.7. The van der Waals surface area contributed by atoms with E-state index in [2.05, 4.69) is 54.0 Å². The van der Waals surface area contributed by atoms with E-state index in [1.165, 1.54) is 11.1 Å². The van der Waals surface area contributed by atoms with Crippen molar-refractivity contribution in [1.29, 1.82) is 0 Å². The number of nitrogens with zero attached hydrogens (tertiary/aromatic N) is 1. The molecule has 0 spiro atoms. The summed E-state index contributed by atoms with van der Waals surface area (Å²) in [5.41, 5.74) is 3.57. The Bertz CT molecular complexity index is 1430. The molecule has 2 aromatic rings. The smallest absolute Gasteiger partial charge is 0.247 e. The minimum absolute atomic E-state index is 0.0684. The highest BCUT2D eigenvalue weighted by Crippen LogP contribution is 2.43. The first-order valence-corrected chi connectivity index (χ1v) is 17.5. The SMILES string of the molecule is CCCc1cc(OC)c(C2OC(CO)C(C)C(O)C2C)cc1Cc1ccc(C=CC(C)(C)C(=O)NC(C)(C)C(=O)N2CCNCC2)cc1. The molecule has 2 amide bonds. The molecule has 0 aliphatic carbocycles. The summed E-state index contributed by atoms with van der Waals surface area (Å²) in [6.07, 6.45) is 4.98. The summed E-state index contributed by atoms with van der Waals surface area (Å²) in [4.78, 5) is 28.2. The van der Waals surface area contributed by atoms with E-state index in [1.54, 1.807) is 25.9 Å². The zero-order chi connectivity index (χ0) is 35.2. The number of piperazine rings is 1. The van der Waals surface area contributed by atoms with Gasteiger partial charge < -0.3 is 35.2 Å². The second kappa shape index (κ2) is 16.0. The number of benzene rings is 2. The van der Waals surface area contributed by atoms with E-state index < -0.39 is 29.3 Å². The summed E-state index contributed by atoms with van der Waals surface area (Å²) in [5.74, 6) is 0.128. The van der Waals surface area contributed by atoms with Gasteiger partial charge in [-0.1, -0.05) is 63.6 Å². The third kappa shape index (κ3) is 8.67. The lowest BCUT2D eigenvalue weighted by atomic mass is 9.79. The standard InChI is InChI=1S/C39H57N3O6/c1-9-10-29-23-32(47-8)31(35-26(3)34(44)25(2)33(24-43)48-35)22-30(29)21-28-13-11-27(12-14-28)15-16-38(4,5)36(45)41-39(6,7)37(46)42-19-17-40-18-20-42/h11-16,22-23,25-26,33-35,40,43-44H,9-10,17-21,24H2,1-8H3,(H,41,45). The molecular formula is C39H57N3O6. The molecule has 0 aromatic heterocycles. The average Bonchev–Trinajstić information content (AvgIpc) is 3.07. The van der Waals surface area contributed by atoms with Crippen molar-refractivity contribution in [3.63, 3.8) is 0 Å². The molecule has 0 radical (unpaired) electrons. The number of aliphatic hydroxyl groups excluding tert-OH is 2. The van der Waals surface area contributed by atoms with Gasteiger partial charge in [-0.05, 0) is 74.9 Å². The average molecular weight is 664 g/mol. The molecule has 2 heterocycles. The van der Waals surface area contributed by atoms with E-state index >= 15 is 0 Å². The minimum Gasteiger partial charge on any atom is -0.496 e. The lowest BCUT2D eigenvalue weighted by Gasteiger charge is -2.42.